The Morgan fingerprint density at radius 2 is 2.29 bits per heavy atom. The van der Waals surface area contributed by atoms with Crippen LogP contribution in [-0.4, -0.2) is 28.0 Å². The molecule has 78 valence electrons. The van der Waals surface area contributed by atoms with Crippen LogP contribution in [0.15, 0.2) is 9.64 Å². The second kappa shape index (κ2) is 4.99. The fourth-order valence-electron chi connectivity index (χ4n) is 0.734. The van der Waals surface area contributed by atoms with Crippen LogP contribution in [0.1, 0.15) is 31.5 Å². The van der Waals surface area contributed by atoms with E-state index in [0.29, 0.717) is 17.1 Å². The summed E-state index contributed by atoms with van der Waals surface area (Å²) in [6.45, 7) is 6.02. The Morgan fingerprint density at radius 1 is 1.57 bits per heavy atom. The predicted molar refractivity (Wildman–Crippen MR) is 51.2 cm³/mol. The number of ether oxygens (including phenoxy) is 1. The van der Waals surface area contributed by atoms with Crippen LogP contribution in [-0.2, 0) is 4.74 Å². The first kappa shape index (κ1) is 11.0. The molecule has 0 radical (unpaired) electrons. The monoisotopic (exact) mass is 216 g/mol. The molecule has 0 aliphatic carbocycles. The second-order valence-corrected chi connectivity index (χ2v) is 4.29. The van der Waals surface area contributed by atoms with E-state index in [1.165, 1.54) is 11.8 Å². The lowest BCUT2D eigenvalue weighted by molar-refractivity contribution is 0.0475. The molecule has 0 unspecified atom stereocenters. The molecule has 0 amide bonds. The molecule has 0 bridgehead atoms. The molecule has 0 aliphatic heterocycles. The average molecular weight is 216 g/mol. The molecule has 0 spiro atoms. The van der Waals surface area contributed by atoms with Gasteiger partial charge in [-0.2, -0.15) is 0 Å². The van der Waals surface area contributed by atoms with Crippen molar-refractivity contribution in [2.75, 3.05) is 6.61 Å². The molecular weight excluding hydrogens is 204 g/mol. The van der Waals surface area contributed by atoms with Crippen molar-refractivity contribution in [3.63, 3.8) is 0 Å². The van der Waals surface area contributed by atoms with Gasteiger partial charge in [-0.1, -0.05) is 30.7 Å². The Hall–Kier alpha value is -1.04. The van der Waals surface area contributed by atoms with Crippen molar-refractivity contribution < 1.29 is 13.9 Å². The van der Waals surface area contributed by atoms with Gasteiger partial charge in [0, 0.05) is 5.25 Å². The summed E-state index contributed by atoms with van der Waals surface area (Å²) in [5.41, 5.74) is 0. The van der Waals surface area contributed by atoms with Crippen molar-refractivity contribution in [2.45, 2.75) is 31.2 Å². The van der Waals surface area contributed by atoms with Gasteiger partial charge in [0.15, 0.2) is 0 Å². The van der Waals surface area contributed by atoms with Crippen LogP contribution in [0, 0.1) is 0 Å². The summed E-state index contributed by atoms with van der Waals surface area (Å²) in [5.74, 6) is -0.661. The molecule has 0 atom stereocenters. The fourth-order valence-corrected chi connectivity index (χ4v) is 1.35. The van der Waals surface area contributed by atoms with E-state index in [-0.39, 0.29) is 5.89 Å². The Morgan fingerprint density at radius 3 is 2.86 bits per heavy atom. The lowest BCUT2D eigenvalue weighted by Gasteiger charge is -1.97. The first-order valence-corrected chi connectivity index (χ1v) is 5.18. The lowest BCUT2D eigenvalue weighted by Crippen LogP contribution is -2.04. The Bertz CT molecular complexity index is 311. The third-order valence-corrected chi connectivity index (χ3v) is 2.03. The van der Waals surface area contributed by atoms with Crippen LogP contribution in [0.4, 0.5) is 0 Å². The van der Waals surface area contributed by atoms with Crippen molar-refractivity contribution >= 4 is 17.7 Å². The molecule has 1 aromatic heterocycles. The molecule has 0 N–H and O–H groups in total. The van der Waals surface area contributed by atoms with E-state index >= 15 is 0 Å². The minimum absolute atomic E-state index is 0.0880. The Labute approximate surface area is 86.2 Å². The van der Waals surface area contributed by atoms with Crippen LogP contribution in [0.5, 0.6) is 0 Å². The normalized spacial score (nSPS) is 10.6. The fraction of sp³-hybridized carbons (Fsp3) is 0.625. The van der Waals surface area contributed by atoms with E-state index in [4.69, 9.17) is 9.15 Å². The van der Waals surface area contributed by atoms with E-state index in [1.54, 1.807) is 6.92 Å². The number of aromatic nitrogens is 2. The number of hydrogen-bond donors (Lipinski definition) is 0. The number of rotatable bonds is 4. The first-order chi connectivity index (χ1) is 6.63. The average Bonchev–Trinajstić information content (AvgIpc) is 2.52. The highest BCUT2D eigenvalue weighted by Gasteiger charge is 2.16. The minimum Gasteiger partial charge on any atom is -0.459 e. The summed E-state index contributed by atoms with van der Waals surface area (Å²) in [7, 11) is 0. The van der Waals surface area contributed by atoms with E-state index in [2.05, 4.69) is 10.2 Å². The van der Waals surface area contributed by atoms with Gasteiger partial charge in [0.2, 0.25) is 0 Å². The molecule has 1 heterocycles. The zero-order chi connectivity index (χ0) is 10.6. The SMILES string of the molecule is CCOC(=O)c1nnc(SC(C)C)o1. The maximum absolute atomic E-state index is 11.1. The molecule has 0 fully saturated rings. The summed E-state index contributed by atoms with van der Waals surface area (Å²) in [6.07, 6.45) is 0. The minimum atomic E-state index is -0.574. The molecule has 0 saturated heterocycles. The second-order valence-electron chi connectivity index (χ2n) is 2.76. The van der Waals surface area contributed by atoms with Crippen LogP contribution in [0.25, 0.3) is 0 Å². The van der Waals surface area contributed by atoms with Crippen LogP contribution >= 0.6 is 11.8 Å². The number of hydrogen-bond acceptors (Lipinski definition) is 6. The molecule has 5 nitrogen and oxygen atoms in total. The summed E-state index contributed by atoms with van der Waals surface area (Å²) in [6, 6.07) is 0. The summed E-state index contributed by atoms with van der Waals surface area (Å²) in [5, 5.41) is 8.01. The maximum atomic E-state index is 11.1. The highest BCUT2D eigenvalue weighted by Crippen LogP contribution is 2.20. The number of carbonyl (C=O) groups excluding carboxylic acids is 1. The number of nitrogens with zero attached hydrogens (tertiary/aromatic N) is 2. The molecular formula is C8H12N2O3S. The van der Waals surface area contributed by atoms with Gasteiger partial charge in [-0.3, -0.25) is 0 Å². The largest absolute Gasteiger partial charge is 0.459 e. The molecule has 6 heteroatoms. The third-order valence-electron chi connectivity index (χ3n) is 1.19. The van der Waals surface area contributed by atoms with E-state index in [1.807, 2.05) is 13.8 Å². The summed E-state index contributed by atoms with van der Waals surface area (Å²) >= 11 is 1.41. The number of esters is 1. The predicted octanol–water partition coefficient (Wildman–Crippen LogP) is 1.75. The number of thioether (sulfide) groups is 1. The van der Waals surface area contributed by atoms with Crippen LogP contribution < -0.4 is 0 Å². The van der Waals surface area contributed by atoms with Crippen molar-refractivity contribution in [1.82, 2.24) is 10.2 Å². The van der Waals surface area contributed by atoms with Gasteiger partial charge in [-0.15, -0.1) is 5.10 Å². The summed E-state index contributed by atoms with van der Waals surface area (Å²) in [4.78, 5) is 11.1. The van der Waals surface area contributed by atoms with E-state index in [9.17, 15) is 4.79 Å². The highest BCUT2D eigenvalue weighted by atomic mass is 32.2. The molecule has 0 aliphatic rings. The van der Waals surface area contributed by atoms with Gasteiger partial charge >= 0.3 is 11.9 Å². The smallest absolute Gasteiger partial charge is 0.396 e. The third kappa shape index (κ3) is 3.02. The molecule has 14 heavy (non-hydrogen) atoms. The van der Waals surface area contributed by atoms with Crippen LogP contribution in [0.3, 0.4) is 0 Å². The van der Waals surface area contributed by atoms with Gasteiger partial charge in [0.1, 0.15) is 0 Å². The van der Waals surface area contributed by atoms with Gasteiger partial charge in [-0.25, -0.2) is 4.79 Å². The molecule has 0 aromatic carbocycles. The lowest BCUT2D eigenvalue weighted by atomic mass is 10.6. The Kier molecular flexibility index (Phi) is 3.94. The van der Waals surface area contributed by atoms with Gasteiger partial charge in [0.05, 0.1) is 6.61 Å². The van der Waals surface area contributed by atoms with Gasteiger partial charge < -0.3 is 9.15 Å². The number of carbonyl (C=O) groups is 1. The van der Waals surface area contributed by atoms with Gasteiger partial charge in [0.25, 0.3) is 5.22 Å². The first-order valence-electron chi connectivity index (χ1n) is 4.30. The molecule has 0 saturated carbocycles. The standard InChI is InChI=1S/C8H12N2O3S/c1-4-12-7(11)6-9-10-8(13-6)14-5(2)3/h5H,4H2,1-3H3. The van der Waals surface area contributed by atoms with Crippen LogP contribution in [0.2, 0.25) is 0 Å². The van der Waals surface area contributed by atoms with Crippen molar-refractivity contribution in [1.29, 1.82) is 0 Å². The topological polar surface area (TPSA) is 65.2 Å². The van der Waals surface area contributed by atoms with E-state index in [0.717, 1.165) is 0 Å². The maximum Gasteiger partial charge on any atom is 0.396 e. The molecule has 1 aromatic rings. The van der Waals surface area contributed by atoms with Crippen molar-refractivity contribution in [2.24, 2.45) is 0 Å². The van der Waals surface area contributed by atoms with Gasteiger partial charge in [-0.05, 0) is 6.92 Å². The van der Waals surface area contributed by atoms with Crippen molar-refractivity contribution in [3.8, 4) is 0 Å². The Balaban J connectivity index is 2.63. The zero-order valence-electron chi connectivity index (χ0n) is 8.31. The highest BCUT2D eigenvalue weighted by molar-refractivity contribution is 7.99. The van der Waals surface area contributed by atoms with E-state index < -0.39 is 5.97 Å². The quantitative estimate of drug-likeness (QED) is 0.564. The van der Waals surface area contributed by atoms with Crippen molar-refractivity contribution in [3.05, 3.63) is 5.89 Å². The molecule has 1 rings (SSSR count). The summed E-state index contributed by atoms with van der Waals surface area (Å²) < 4.78 is 9.78. The zero-order valence-corrected chi connectivity index (χ0v) is 9.13.